The molecule has 2 rings (SSSR count). The van der Waals surface area contributed by atoms with Gasteiger partial charge in [-0.1, -0.05) is 30.3 Å². The number of carbonyl (C=O) groups excluding carboxylic acids is 1. The van der Waals surface area contributed by atoms with Crippen LogP contribution in [0.3, 0.4) is 0 Å². The van der Waals surface area contributed by atoms with Gasteiger partial charge in [0.1, 0.15) is 6.04 Å². The van der Waals surface area contributed by atoms with Gasteiger partial charge in [0.15, 0.2) is 0 Å². The summed E-state index contributed by atoms with van der Waals surface area (Å²) in [5.41, 5.74) is 1.11. The quantitative estimate of drug-likeness (QED) is 0.794. The van der Waals surface area contributed by atoms with E-state index in [0.29, 0.717) is 6.61 Å². The van der Waals surface area contributed by atoms with Gasteiger partial charge in [0.05, 0.1) is 19.8 Å². The predicted octanol–water partition coefficient (Wildman–Crippen LogP) is 1.11. The molecule has 17 heavy (non-hydrogen) atoms. The van der Waals surface area contributed by atoms with E-state index in [1.807, 2.05) is 30.3 Å². The molecule has 0 radical (unpaired) electrons. The number of methoxy groups -OCH3 is 1. The maximum Gasteiger partial charge on any atom is 0.325 e. The normalized spacial score (nSPS) is 23.6. The fourth-order valence-electron chi connectivity index (χ4n) is 2.00. The third kappa shape index (κ3) is 3.05. The minimum absolute atomic E-state index is 0.0948. The Labute approximate surface area is 101 Å². The monoisotopic (exact) mass is 235 g/mol. The molecular weight excluding hydrogens is 218 g/mol. The molecule has 0 bridgehead atoms. The van der Waals surface area contributed by atoms with Crippen molar-refractivity contribution in [1.82, 2.24) is 5.32 Å². The first-order valence-corrected chi connectivity index (χ1v) is 5.78. The maximum atomic E-state index is 11.5. The third-order valence-corrected chi connectivity index (χ3v) is 2.93. The first kappa shape index (κ1) is 12.1. The molecular formula is C13H17NO3. The van der Waals surface area contributed by atoms with E-state index in [-0.39, 0.29) is 18.1 Å². The van der Waals surface area contributed by atoms with Crippen LogP contribution < -0.4 is 5.32 Å². The number of benzene rings is 1. The van der Waals surface area contributed by atoms with Crippen molar-refractivity contribution in [3.63, 3.8) is 0 Å². The molecule has 4 heteroatoms. The summed E-state index contributed by atoms with van der Waals surface area (Å²) >= 11 is 0. The van der Waals surface area contributed by atoms with Crippen molar-refractivity contribution in [3.05, 3.63) is 35.9 Å². The minimum atomic E-state index is -0.330. The molecule has 1 aliphatic heterocycles. The number of nitrogens with one attached hydrogen (secondary N) is 1. The van der Waals surface area contributed by atoms with Gasteiger partial charge in [-0.05, 0) is 18.5 Å². The van der Waals surface area contributed by atoms with Crippen LogP contribution in [0.25, 0.3) is 0 Å². The van der Waals surface area contributed by atoms with Crippen LogP contribution in [0.15, 0.2) is 30.3 Å². The molecule has 1 fully saturated rings. The number of rotatable bonds is 4. The molecule has 2 unspecified atom stereocenters. The van der Waals surface area contributed by atoms with Gasteiger partial charge < -0.3 is 14.8 Å². The molecule has 2 atom stereocenters. The Balaban J connectivity index is 1.88. The molecule has 4 nitrogen and oxygen atoms in total. The average molecular weight is 235 g/mol. The SMILES string of the molecule is COC(=O)C1NCCC1OCc1ccccc1. The zero-order valence-corrected chi connectivity index (χ0v) is 9.89. The smallest absolute Gasteiger partial charge is 0.325 e. The first-order valence-electron chi connectivity index (χ1n) is 5.78. The summed E-state index contributed by atoms with van der Waals surface area (Å²) in [7, 11) is 1.40. The van der Waals surface area contributed by atoms with Crippen molar-refractivity contribution in [1.29, 1.82) is 0 Å². The number of esters is 1. The highest BCUT2D eigenvalue weighted by Crippen LogP contribution is 2.15. The van der Waals surface area contributed by atoms with Crippen molar-refractivity contribution in [2.75, 3.05) is 13.7 Å². The van der Waals surface area contributed by atoms with E-state index in [1.54, 1.807) is 0 Å². The fourth-order valence-corrected chi connectivity index (χ4v) is 2.00. The lowest BCUT2D eigenvalue weighted by Gasteiger charge is -2.17. The summed E-state index contributed by atoms with van der Waals surface area (Å²) in [4.78, 5) is 11.5. The fraction of sp³-hybridized carbons (Fsp3) is 0.462. The Kier molecular flexibility index (Phi) is 4.12. The zero-order chi connectivity index (χ0) is 12.1. The Morgan fingerprint density at radius 3 is 2.88 bits per heavy atom. The van der Waals surface area contributed by atoms with Gasteiger partial charge in [-0.2, -0.15) is 0 Å². The molecule has 0 amide bonds. The number of hydrogen-bond donors (Lipinski definition) is 1. The van der Waals surface area contributed by atoms with Gasteiger partial charge in [0.25, 0.3) is 0 Å². The van der Waals surface area contributed by atoms with Gasteiger partial charge in [0.2, 0.25) is 0 Å². The minimum Gasteiger partial charge on any atom is -0.468 e. The second-order valence-corrected chi connectivity index (χ2v) is 4.08. The third-order valence-electron chi connectivity index (χ3n) is 2.93. The molecule has 0 spiro atoms. The lowest BCUT2D eigenvalue weighted by atomic mass is 10.1. The topological polar surface area (TPSA) is 47.6 Å². The van der Waals surface area contributed by atoms with Crippen molar-refractivity contribution < 1.29 is 14.3 Å². The van der Waals surface area contributed by atoms with E-state index in [2.05, 4.69) is 5.32 Å². The summed E-state index contributed by atoms with van der Waals surface area (Å²) in [6.45, 7) is 1.32. The lowest BCUT2D eigenvalue weighted by molar-refractivity contribution is -0.146. The highest BCUT2D eigenvalue weighted by Gasteiger charge is 2.34. The Hall–Kier alpha value is -1.39. The molecule has 1 aromatic rings. The van der Waals surface area contributed by atoms with Crippen LogP contribution in [0.2, 0.25) is 0 Å². The first-order chi connectivity index (χ1) is 8.31. The van der Waals surface area contributed by atoms with Crippen molar-refractivity contribution in [3.8, 4) is 0 Å². The second-order valence-electron chi connectivity index (χ2n) is 4.08. The molecule has 0 aromatic heterocycles. The van der Waals surface area contributed by atoms with Crippen LogP contribution in [-0.2, 0) is 20.9 Å². The Morgan fingerprint density at radius 1 is 1.41 bits per heavy atom. The zero-order valence-electron chi connectivity index (χ0n) is 9.89. The average Bonchev–Trinajstić information content (AvgIpc) is 2.85. The van der Waals surface area contributed by atoms with Crippen LogP contribution in [0, 0.1) is 0 Å². The number of hydrogen-bond acceptors (Lipinski definition) is 4. The predicted molar refractivity (Wildman–Crippen MR) is 63.4 cm³/mol. The highest BCUT2D eigenvalue weighted by molar-refractivity contribution is 5.76. The maximum absolute atomic E-state index is 11.5. The van der Waals surface area contributed by atoms with Crippen molar-refractivity contribution in [2.24, 2.45) is 0 Å². The highest BCUT2D eigenvalue weighted by atomic mass is 16.5. The van der Waals surface area contributed by atoms with Crippen LogP contribution in [-0.4, -0.2) is 31.8 Å². The number of carbonyl (C=O) groups is 1. The van der Waals surface area contributed by atoms with Crippen molar-refractivity contribution >= 4 is 5.97 Å². The Bertz CT molecular complexity index is 366. The molecule has 1 aliphatic rings. The number of ether oxygens (including phenoxy) is 2. The summed E-state index contributed by atoms with van der Waals surface area (Å²) in [6, 6.07) is 9.61. The largest absolute Gasteiger partial charge is 0.468 e. The molecule has 1 saturated heterocycles. The summed E-state index contributed by atoms with van der Waals surface area (Å²) in [5, 5.41) is 3.09. The van der Waals surface area contributed by atoms with Gasteiger partial charge in [0, 0.05) is 0 Å². The standard InChI is InChI=1S/C13H17NO3/c1-16-13(15)12-11(7-8-14-12)17-9-10-5-3-2-4-6-10/h2-6,11-12,14H,7-9H2,1H3. The van der Waals surface area contributed by atoms with Gasteiger partial charge in [-0.15, -0.1) is 0 Å². The van der Waals surface area contributed by atoms with E-state index in [4.69, 9.17) is 9.47 Å². The molecule has 1 aromatic carbocycles. The summed E-state index contributed by atoms with van der Waals surface area (Å²) in [6.07, 6.45) is 0.745. The molecule has 0 saturated carbocycles. The van der Waals surface area contributed by atoms with E-state index < -0.39 is 0 Å². The summed E-state index contributed by atoms with van der Waals surface area (Å²) in [5.74, 6) is -0.249. The second kappa shape index (κ2) is 5.80. The van der Waals surface area contributed by atoms with Gasteiger partial charge in [-0.25, -0.2) is 0 Å². The van der Waals surface area contributed by atoms with Crippen LogP contribution in [0.4, 0.5) is 0 Å². The van der Waals surface area contributed by atoms with Crippen LogP contribution in [0.1, 0.15) is 12.0 Å². The molecule has 92 valence electrons. The summed E-state index contributed by atoms with van der Waals surface area (Å²) < 4.78 is 10.5. The van der Waals surface area contributed by atoms with Crippen LogP contribution >= 0.6 is 0 Å². The molecule has 1 heterocycles. The van der Waals surface area contributed by atoms with E-state index >= 15 is 0 Å². The molecule has 0 aliphatic carbocycles. The van der Waals surface area contributed by atoms with Gasteiger partial charge in [-0.3, -0.25) is 4.79 Å². The van der Waals surface area contributed by atoms with Crippen LogP contribution in [0.5, 0.6) is 0 Å². The Morgan fingerprint density at radius 2 is 2.18 bits per heavy atom. The van der Waals surface area contributed by atoms with E-state index in [1.165, 1.54) is 7.11 Å². The van der Waals surface area contributed by atoms with Crippen molar-refractivity contribution in [2.45, 2.75) is 25.2 Å². The molecule has 1 N–H and O–H groups in total. The van der Waals surface area contributed by atoms with E-state index in [9.17, 15) is 4.79 Å². The lowest BCUT2D eigenvalue weighted by Crippen LogP contribution is -2.40. The van der Waals surface area contributed by atoms with Gasteiger partial charge >= 0.3 is 5.97 Å². The van der Waals surface area contributed by atoms with E-state index in [0.717, 1.165) is 18.5 Å².